The van der Waals surface area contributed by atoms with Gasteiger partial charge in [0, 0.05) is 29.6 Å². The fourth-order valence-electron chi connectivity index (χ4n) is 2.11. The lowest BCUT2D eigenvalue weighted by atomic mass is 10.2. The number of rotatable bonds is 7. The van der Waals surface area contributed by atoms with E-state index in [1.54, 1.807) is 18.4 Å². The van der Waals surface area contributed by atoms with Gasteiger partial charge in [-0.1, -0.05) is 6.07 Å². The van der Waals surface area contributed by atoms with E-state index in [-0.39, 0.29) is 0 Å². The van der Waals surface area contributed by atoms with Gasteiger partial charge in [0.25, 0.3) is 0 Å². The molecule has 1 aromatic heterocycles. The van der Waals surface area contributed by atoms with Gasteiger partial charge in [0.1, 0.15) is 18.1 Å². The summed E-state index contributed by atoms with van der Waals surface area (Å²) in [4.78, 5) is 4.43. The number of thiazole rings is 1. The van der Waals surface area contributed by atoms with E-state index < -0.39 is 0 Å². The molecule has 1 heterocycles. The maximum absolute atomic E-state index is 5.96. The molecule has 1 aliphatic carbocycles. The van der Waals surface area contributed by atoms with Crippen molar-refractivity contribution in [1.82, 2.24) is 10.3 Å². The predicted octanol–water partition coefficient (Wildman–Crippen LogP) is 3.29. The van der Waals surface area contributed by atoms with Crippen LogP contribution in [0.1, 0.15) is 29.1 Å². The second kappa shape index (κ2) is 6.45. The first-order chi connectivity index (χ1) is 10.2. The van der Waals surface area contributed by atoms with E-state index in [2.05, 4.69) is 16.4 Å². The van der Waals surface area contributed by atoms with Gasteiger partial charge in [-0.2, -0.15) is 0 Å². The van der Waals surface area contributed by atoms with Crippen LogP contribution in [0.2, 0.25) is 0 Å². The highest BCUT2D eigenvalue weighted by Crippen LogP contribution is 2.27. The number of hydrogen-bond donors (Lipinski definition) is 1. The largest absolute Gasteiger partial charge is 0.497 e. The van der Waals surface area contributed by atoms with Gasteiger partial charge in [0.2, 0.25) is 0 Å². The summed E-state index contributed by atoms with van der Waals surface area (Å²) in [6.45, 7) is 3.33. The summed E-state index contributed by atoms with van der Waals surface area (Å²) in [6.07, 6.45) is 2.56. The average molecular weight is 304 g/mol. The summed E-state index contributed by atoms with van der Waals surface area (Å²) >= 11 is 1.65. The second-order valence-corrected chi connectivity index (χ2v) is 6.34. The third-order valence-electron chi connectivity index (χ3n) is 3.47. The number of hydrogen-bond acceptors (Lipinski definition) is 5. The minimum atomic E-state index is 0.494. The molecule has 0 aliphatic heterocycles. The van der Waals surface area contributed by atoms with E-state index in [1.165, 1.54) is 12.8 Å². The molecule has 1 aliphatic rings. The number of nitrogens with one attached hydrogen (secondary N) is 1. The van der Waals surface area contributed by atoms with Gasteiger partial charge in [0.05, 0.1) is 17.8 Å². The summed E-state index contributed by atoms with van der Waals surface area (Å²) in [7, 11) is 1.67. The molecular formula is C16H20N2O2S. The molecule has 3 rings (SSSR count). The summed E-state index contributed by atoms with van der Waals surface area (Å²) in [5.74, 6) is 1.68. The fourth-order valence-corrected chi connectivity index (χ4v) is 2.71. The molecule has 1 fully saturated rings. The minimum Gasteiger partial charge on any atom is -0.497 e. The zero-order chi connectivity index (χ0) is 14.7. The molecule has 112 valence electrons. The Kier molecular flexibility index (Phi) is 4.41. The molecule has 5 heteroatoms. The molecule has 1 N–H and O–H groups in total. The first-order valence-electron chi connectivity index (χ1n) is 7.18. The van der Waals surface area contributed by atoms with Crippen LogP contribution < -0.4 is 14.8 Å². The SMILES string of the molecule is COc1ccc(CNC2CC2)c(OCc2csc(C)n2)c1. The Bertz CT molecular complexity index is 608. The highest BCUT2D eigenvalue weighted by molar-refractivity contribution is 7.09. The topological polar surface area (TPSA) is 43.4 Å². The smallest absolute Gasteiger partial charge is 0.131 e. The van der Waals surface area contributed by atoms with Crippen LogP contribution >= 0.6 is 11.3 Å². The van der Waals surface area contributed by atoms with Crippen molar-refractivity contribution in [2.24, 2.45) is 0 Å². The summed E-state index contributed by atoms with van der Waals surface area (Å²) in [5.41, 5.74) is 2.14. The van der Waals surface area contributed by atoms with Crippen LogP contribution in [-0.4, -0.2) is 18.1 Å². The maximum atomic E-state index is 5.96. The number of aromatic nitrogens is 1. The lowest BCUT2D eigenvalue weighted by Crippen LogP contribution is -2.16. The molecule has 0 bridgehead atoms. The average Bonchev–Trinajstić information content (AvgIpc) is 3.24. The molecule has 0 unspecified atom stereocenters. The molecule has 0 saturated heterocycles. The molecule has 1 aromatic carbocycles. The summed E-state index contributed by atoms with van der Waals surface area (Å²) in [6, 6.07) is 6.67. The van der Waals surface area contributed by atoms with E-state index in [9.17, 15) is 0 Å². The van der Waals surface area contributed by atoms with Gasteiger partial charge >= 0.3 is 0 Å². The summed E-state index contributed by atoms with van der Waals surface area (Å²) in [5, 5.41) is 6.62. The maximum Gasteiger partial charge on any atom is 0.131 e. The van der Waals surface area contributed by atoms with Gasteiger partial charge in [-0.05, 0) is 25.8 Å². The Morgan fingerprint density at radius 1 is 1.38 bits per heavy atom. The quantitative estimate of drug-likeness (QED) is 0.852. The van der Waals surface area contributed by atoms with Crippen molar-refractivity contribution >= 4 is 11.3 Å². The van der Waals surface area contributed by atoms with E-state index in [0.29, 0.717) is 12.6 Å². The molecule has 1 saturated carbocycles. The fraction of sp³-hybridized carbons (Fsp3) is 0.438. The molecule has 0 radical (unpaired) electrons. The summed E-state index contributed by atoms with van der Waals surface area (Å²) < 4.78 is 11.2. The van der Waals surface area contributed by atoms with Crippen LogP contribution in [-0.2, 0) is 13.2 Å². The Morgan fingerprint density at radius 3 is 2.90 bits per heavy atom. The standard InChI is InChI=1S/C16H20N2O2S/c1-11-18-14(10-21-11)9-20-16-7-15(19-2)6-3-12(16)8-17-13-4-5-13/h3,6-7,10,13,17H,4-5,8-9H2,1-2H3. The zero-order valence-corrected chi connectivity index (χ0v) is 13.2. The molecule has 0 spiro atoms. The molecule has 21 heavy (non-hydrogen) atoms. The number of aryl methyl sites for hydroxylation is 1. The van der Waals surface area contributed by atoms with Crippen molar-refractivity contribution in [1.29, 1.82) is 0 Å². The first kappa shape index (κ1) is 14.4. The van der Waals surface area contributed by atoms with Crippen LogP contribution in [0.15, 0.2) is 23.6 Å². The second-order valence-electron chi connectivity index (χ2n) is 5.28. The third-order valence-corrected chi connectivity index (χ3v) is 4.30. The highest BCUT2D eigenvalue weighted by Gasteiger charge is 2.20. The first-order valence-corrected chi connectivity index (χ1v) is 8.06. The number of ether oxygens (including phenoxy) is 2. The predicted molar refractivity (Wildman–Crippen MR) is 84.0 cm³/mol. The van der Waals surface area contributed by atoms with Gasteiger partial charge in [0.15, 0.2) is 0 Å². The molecular weight excluding hydrogens is 284 g/mol. The zero-order valence-electron chi connectivity index (χ0n) is 12.4. The number of methoxy groups -OCH3 is 1. The van der Waals surface area contributed by atoms with Crippen molar-refractivity contribution in [3.8, 4) is 11.5 Å². The number of nitrogens with zero attached hydrogens (tertiary/aromatic N) is 1. The van der Waals surface area contributed by atoms with Crippen molar-refractivity contribution in [3.63, 3.8) is 0 Å². The van der Waals surface area contributed by atoms with Crippen molar-refractivity contribution in [3.05, 3.63) is 39.8 Å². The molecule has 0 amide bonds. The Hall–Kier alpha value is -1.59. The van der Waals surface area contributed by atoms with Gasteiger partial charge in [-0.15, -0.1) is 11.3 Å². The lowest BCUT2D eigenvalue weighted by Gasteiger charge is -2.13. The number of benzene rings is 1. The Balaban J connectivity index is 1.69. The van der Waals surface area contributed by atoms with E-state index >= 15 is 0 Å². The van der Waals surface area contributed by atoms with Crippen molar-refractivity contribution in [2.75, 3.05) is 7.11 Å². The van der Waals surface area contributed by atoms with Gasteiger partial charge in [-0.3, -0.25) is 0 Å². The van der Waals surface area contributed by atoms with E-state index in [0.717, 1.165) is 34.3 Å². The van der Waals surface area contributed by atoms with E-state index in [4.69, 9.17) is 9.47 Å². The lowest BCUT2D eigenvalue weighted by molar-refractivity contribution is 0.295. The van der Waals surface area contributed by atoms with Crippen molar-refractivity contribution in [2.45, 2.75) is 39.0 Å². The van der Waals surface area contributed by atoms with Crippen LogP contribution in [0.3, 0.4) is 0 Å². The minimum absolute atomic E-state index is 0.494. The molecule has 4 nitrogen and oxygen atoms in total. The van der Waals surface area contributed by atoms with Gasteiger partial charge in [-0.25, -0.2) is 4.98 Å². The van der Waals surface area contributed by atoms with Crippen LogP contribution in [0.5, 0.6) is 11.5 Å². The van der Waals surface area contributed by atoms with E-state index in [1.807, 2.05) is 24.4 Å². The Labute approximate surface area is 129 Å². The Morgan fingerprint density at radius 2 is 2.24 bits per heavy atom. The van der Waals surface area contributed by atoms with Gasteiger partial charge < -0.3 is 14.8 Å². The third kappa shape index (κ3) is 3.95. The van der Waals surface area contributed by atoms with Crippen molar-refractivity contribution < 1.29 is 9.47 Å². The van der Waals surface area contributed by atoms with Crippen LogP contribution in [0, 0.1) is 6.92 Å². The monoisotopic (exact) mass is 304 g/mol. The molecule has 2 aromatic rings. The van der Waals surface area contributed by atoms with Crippen LogP contribution in [0.4, 0.5) is 0 Å². The van der Waals surface area contributed by atoms with Crippen LogP contribution in [0.25, 0.3) is 0 Å². The normalized spacial score (nSPS) is 14.2. The molecule has 0 atom stereocenters. The highest BCUT2D eigenvalue weighted by atomic mass is 32.1.